The first-order valence-corrected chi connectivity index (χ1v) is 8.18. The Labute approximate surface area is 114 Å². The minimum atomic E-state index is 0.572. The van der Waals surface area contributed by atoms with Gasteiger partial charge in [-0.15, -0.1) is 0 Å². The maximum atomic E-state index is 3.49. The lowest BCUT2D eigenvalue weighted by molar-refractivity contribution is 0.118. The molecule has 2 nitrogen and oxygen atoms in total. The fourth-order valence-electron chi connectivity index (χ4n) is 4.24. The lowest BCUT2D eigenvalue weighted by atomic mass is 9.79. The average Bonchev–Trinajstić information content (AvgIpc) is 2.68. The van der Waals surface area contributed by atoms with E-state index >= 15 is 0 Å². The summed E-state index contributed by atoms with van der Waals surface area (Å²) in [6.07, 6.45) is 12.9. The van der Waals surface area contributed by atoms with Gasteiger partial charge in [0.15, 0.2) is 0 Å². The first-order valence-electron chi connectivity index (χ1n) is 8.18. The summed E-state index contributed by atoms with van der Waals surface area (Å²) in [7, 11) is 2.13. The maximum Gasteiger partial charge on any atom is 0.00933 e. The van der Waals surface area contributed by atoms with Crippen LogP contribution in [0.15, 0.2) is 0 Å². The van der Waals surface area contributed by atoms with E-state index in [2.05, 4.69) is 24.2 Å². The zero-order valence-electron chi connectivity index (χ0n) is 12.5. The molecule has 106 valence electrons. The molecule has 1 saturated carbocycles. The second-order valence-corrected chi connectivity index (χ2v) is 6.62. The topological polar surface area (TPSA) is 15.3 Å². The summed E-state index contributed by atoms with van der Waals surface area (Å²) >= 11 is 0. The van der Waals surface area contributed by atoms with E-state index in [1.807, 2.05) is 0 Å². The third-order valence-electron chi connectivity index (χ3n) is 5.22. The molecule has 2 heteroatoms. The van der Waals surface area contributed by atoms with Crippen molar-refractivity contribution in [3.8, 4) is 0 Å². The summed E-state index contributed by atoms with van der Waals surface area (Å²) in [4.78, 5) is 2.81. The Morgan fingerprint density at radius 1 is 1.11 bits per heavy atom. The summed E-state index contributed by atoms with van der Waals surface area (Å²) in [6.45, 7) is 6.29. The van der Waals surface area contributed by atoms with Crippen LogP contribution in [-0.2, 0) is 0 Å². The zero-order chi connectivity index (χ0) is 12.8. The van der Waals surface area contributed by atoms with Gasteiger partial charge in [-0.1, -0.05) is 32.6 Å². The average molecular weight is 252 g/mol. The first kappa shape index (κ1) is 14.3. The van der Waals surface area contributed by atoms with Gasteiger partial charge in [0.25, 0.3) is 0 Å². The molecule has 1 aliphatic carbocycles. The second-order valence-electron chi connectivity index (χ2n) is 6.62. The van der Waals surface area contributed by atoms with Gasteiger partial charge >= 0.3 is 0 Å². The molecule has 2 rings (SSSR count). The van der Waals surface area contributed by atoms with Crippen molar-refractivity contribution < 1.29 is 0 Å². The SMILES string of the molecule is CCC1CCCN1CC1(CNC)CCCCCC1. The van der Waals surface area contributed by atoms with Crippen LogP contribution < -0.4 is 5.32 Å². The summed E-state index contributed by atoms with van der Waals surface area (Å²) < 4.78 is 0. The van der Waals surface area contributed by atoms with Crippen LogP contribution in [0.25, 0.3) is 0 Å². The van der Waals surface area contributed by atoms with Crippen molar-refractivity contribution in [3.05, 3.63) is 0 Å². The standard InChI is InChI=1S/C16H32N2/c1-3-15-9-8-12-18(15)14-16(13-17-2)10-6-4-5-7-11-16/h15,17H,3-14H2,1-2H3. The largest absolute Gasteiger partial charge is 0.319 e. The van der Waals surface area contributed by atoms with Gasteiger partial charge in [0.1, 0.15) is 0 Å². The van der Waals surface area contributed by atoms with Gasteiger partial charge in [-0.05, 0) is 51.1 Å². The smallest absolute Gasteiger partial charge is 0.00933 e. The summed E-state index contributed by atoms with van der Waals surface area (Å²) in [5.74, 6) is 0. The number of nitrogens with one attached hydrogen (secondary N) is 1. The maximum absolute atomic E-state index is 3.49. The molecule has 0 spiro atoms. The number of nitrogens with zero attached hydrogens (tertiary/aromatic N) is 1. The van der Waals surface area contributed by atoms with Crippen molar-refractivity contribution in [2.45, 2.75) is 70.8 Å². The van der Waals surface area contributed by atoms with E-state index in [9.17, 15) is 0 Å². The van der Waals surface area contributed by atoms with Crippen molar-refractivity contribution in [3.63, 3.8) is 0 Å². The highest BCUT2D eigenvalue weighted by molar-refractivity contribution is 4.90. The predicted molar refractivity (Wildman–Crippen MR) is 78.9 cm³/mol. The Balaban J connectivity index is 1.99. The van der Waals surface area contributed by atoms with Crippen LogP contribution in [-0.4, -0.2) is 37.6 Å². The molecule has 2 aliphatic rings. The number of hydrogen-bond acceptors (Lipinski definition) is 2. The molecule has 0 aromatic carbocycles. The van der Waals surface area contributed by atoms with E-state index in [4.69, 9.17) is 0 Å². The monoisotopic (exact) mass is 252 g/mol. The van der Waals surface area contributed by atoms with Gasteiger partial charge in [0, 0.05) is 19.1 Å². The van der Waals surface area contributed by atoms with Crippen LogP contribution in [0.4, 0.5) is 0 Å². The zero-order valence-corrected chi connectivity index (χ0v) is 12.5. The molecule has 1 N–H and O–H groups in total. The highest BCUT2D eigenvalue weighted by Gasteiger charge is 2.35. The molecule has 0 aromatic heterocycles. The summed E-state index contributed by atoms with van der Waals surface area (Å²) in [5, 5.41) is 3.49. The minimum Gasteiger partial charge on any atom is -0.319 e. The van der Waals surface area contributed by atoms with Gasteiger partial charge in [0.05, 0.1) is 0 Å². The van der Waals surface area contributed by atoms with E-state index in [1.54, 1.807) is 0 Å². The lowest BCUT2D eigenvalue weighted by Crippen LogP contribution is -2.45. The van der Waals surface area contributed by atoms with E-state index in [0.717, 1.165) is 6.04 Å². The van der Waals surface area contributed by atoms with Crippen molar-refractivity contribution in [1.29, 1.82) is 0 Å². The van der Waals surface area contributed by atoms with Crippen LogP contribution in [0.1, 0.15) is 64.7 Å². The normalized spacial score (nSPS) is 29.3. The van der Waals surface area contributed by atoms with Crippen molar-refractivity contribution in [1.82, 2.24) is 10.2 Å². The highest BCUT2D eigenvalue weighted by atomic mass is 15.2. The highest BCUT2D eigenvalue weighted by Crippen LogP contribution is 2.37. The first-order chi connectivity index (χ1) is 8.79. The molecule has 2 fully saturated rings. The molecule has 1 saturated heterocycles. The molecule has 1 unspecified atom stereocenters. The quantitative estimate of drug-likeness (QED) is 0.754. The van der Waals surface area contributed by atoms with Crippen LogP contribution >= 0.6 is 0 Å². The van der Waals surface area contributed by atoms with Crippen molar-refractivity contribution in [2.24, 2.45) is 5.41 Å². The van der Waals surface area contributed by atoms with Crippen LogP contribution in [0.3, 0.4) is 0 Å². The molecule has 1 atom stereocenters. The van der Waals surface area contributed by atoms with E-state index in [0.29, 0.717) is 5.41 Å². The molecule has 18 heavy (non-hydrogen) atoms. The second kappa shape index (κ2) is 6.91. The van der Waals surface area contributed by atoms with E-state index in [1.165, 1.54) is 77.4 Å². The van der Waals surface area contributed by atoms with Crippen LogP contribution in [0.5, 0.6) is 0 Å². The Hall–Kier alpha value is -0.0800. The molecular weight excluding hydrogens is 220 g/mol. The Bertz CT molecular complexity index is 231. The van der Waals surface area contributed by atoms with Gasteiger partial charge in [-0.25, -0.2) is 0 Å². The molecule has 1 heterocycles. The number of likely N-dealkylation sites (tertiary alicyclic amines) is 1. The van der Waals surface area contributed by atoms with Crippen LogP contribution in [0.2, 0.25) is 0 Å². The Morgan fingerprint density at radius 3 is 2.44 bits per heavy atom. The predicted octanol–water partition coefficient (Wildman–Crippen LogP) is 3.42. The van der Waals surface area contributed by atoms with E-state index in [-0.39, 0.29) is 0 Å². The van der Waals surface area contributed by atoms with Crippen molar-refractivity contribution >= 4 is 0 Å². The number of hydrogen-bond donors (Lipinski definition) is 1. The third-order valence-corrected chi connectivity index (χ3v) is 5.22. The molecule has 0 amide bonds. The fourth-order valence-corrected chi connectivity index (χ4v) is 4.24. The lowest BCUT2D eigenvalue weighted by Gasteiger charge is -2.38. The van der Waals surface area contributed by atoms with Crippen LogP contribution in [0, 0.1) is 5.41 Å². The summed E-state index contributed by atoms with van der Waals surface area (Å²) in [6, 6.07) is 0.877. The molecule has 0 radical (unpaired) electrons. The molecular formula is C16H32N2. The van der Waals surface area contributed by atoms with Gasteiger partial charge < -0.3 is 5.32 Å². The minimum absolute atomic E-state index is 0.572. The van der Waals surface area contributed by atoms with Gasteiger partial charge in [-0.3, -0.25) is 4.90 Å². The summed E-state index contributed by atoms with van der Waals surface area (Å²) in [5.41, 5.74) is 0.572. The van der Waals surface area contributed by atoms with Crippen molar-refractivity contribution in [2.75, 3.05) is 26.7 Å². The third kappa shape index (κ3) is 3.48. The Morgan fingerprint density at radius 2 is 1.83 bits per heavy atom. The van der Waals surface area contributed by atoms with Gasteiger partial charge in [-0.2, -0.15) is 0 Å². The molecule has 0 aromatic rings. The van der Waals surface area contributed by atoms with Gasteiger partial charge in [0.2, 0.25) is 0 Å². The molecule has 0 bridgehead atoms. The van der Waals surface area contributed by atoms with E-state index < -0.39 is 0 Å². The fraction of sp³-hybridized carbons (Fsp3) is 1.00. The number of rotatable bonds is 5. The Kier molecular flexibility index (Phi) is 5.50. The molecule has 1 aliphatic heterocycles.